The van der Waals surface area contributed by atoms with Crippen molar-refractivity contribution in [3.63, 3.8) is 0 Å². The van der Waals surface area contributed by atoms with Crippen LogP contribution in [0, 0.1) is 0 Å². The molecule has 0 spiro atoms. The number of carboxylic acids is 1. The Bertz CT molecular complexity index is 545. The number of pyridine rings is 1. The Balaban J connectivity index is 2.40. The van der Waals surface area contributed by atoms with Gasteiger partial charge in [-0.1, -0.05) is 35.5 Å². The van der Waals surface area contributed by atoms with Crippen LogP contribution in [0.5, 0.6) is 0 Å². The molecule has 1 N–H and O–H groups in total. The van der Waals surface area contributed by atoms with E-state index < -0.39 is 5.97 Å². The second kappa shape index (κ2) is 5.21. The second-order valence-corrected chi connectivity index (χ2v) is 4.66. The van der Waals surface area contributed by atoms with E-state index >= 15 is 0 Å². The van der Waals surface area contributed by atoms with E-state index in [2.05, 4.69) is 4.98 Å². The van der Waals surface area contributed by atoms with Crippen molar-refractivity contribution in [1.82, 2.24) is 4.98 Å². The van der Waals surface area contributed by atoms with Crippen LogP contribution in [0.2, 0.25) is 5.02 Å². The van der Waals surface area contributed by atoms with Crippen molar-refractivity contribution in [3.8, 4) is 0 Å². The third-order valence-corrected chi connectivity index (χ3v) is 3.37. The molecule has 17 heavy (non-hydrogen) atoms. The summed E-state index contributed by atoms with van der Waals surface area (Å²) in [7, 11) is 0. The Kier molecular flexibility index (Phi) is 3.66. The molecule has 0 saturated carbocycles. The number of rotatable bonds is 3. The van der Waals surface area contributed by atoms with E-state index in [0.717, 1.165) is 5.03 Å². The highest BCUT2D eigenvalue weighted by Crippen LogP contribution is 2.32. The van der Waals surface area contributed by atoms with Crippen molar-refractivity contribution in [3.05, 3.63) is 53.2 Å². The number of halogens is 1. The molecule has 2 rings (SSSR count). The van der Waals surface area contributed by atoms with E-state index in [4.69, 9.17) is 16.7 Å². The zero-order valence-electron chi connectivity index (χ0n) is 8.63. The maximum absolute atomic E-state index is 11.1. The summed E-state index contributed by atoms with van der Waals surface area (Å²) in [4.78, 5) is 15.8. The van der Waals surface area contributed by atoms with Gasteiger partial charge in [0.1, 0.15) is 5.03 Å². The summed E-state index contributed by atoms with van der Waals surface area (Å²) in [5.74, 6) is -1.03. The molecule has 0 aliphatic carbocycles. The van der Waals surface area contributed by atoms with E-state index in [-0.39, 0.29) is 10.6 Å². The highest BCUT2D eigenvalue weighted by Gasteiger charge is 2.15. The van der Waals surface area contributed by atoms with Gasteiger partial charge in [-0.05, 0) is 24.3 Å². The average Bonchev–Trinajstić information content (AvgIpc) is 2.30. The molecule has 0 saturated heterocycles. The van der Waals surface area contributed by atoms with Gasteiger partial charge in [0.2, 0.25) is 0 Å². The van der Waals surface area contributed by atoms with Gasteiger partial charge in [-0.25, -0.2) is 9.78 Å². The Hall–Kier alpha value is -1.52. The monoisotopic (exact) mass is 265 g/mol. The fraction of sp³-hybridized carbons (Fsp3) is 0. The zero-order valence-corrected chi connectivity index (χ0v) is 10.2. The van der Waals surface area contributed by atoms with Gasteiger partial charge in [0.15, 0.2) is 0 Å². The van der Waals surface area contributed by atoms with Crippen LogP contribution in [0.25, 0.3) is 0 Å². The van der Waals surface area contributed by atoms with Crippen LogP contribution in [-0.2, 0) is 0 Å². The van der Waals surface area contributed by atoms with Crippen molar-refractivity contribution in [2.75, 3.05) is 0 Å². The molecular weight excluding hydrogens is 258 g/mol. The Morgan fingerprint density at radius 2 is 2.06 bits per heavy atom. The summed E-state index contributed by atoms with van der Waals surface area (Å²) in [5.41, 5.74) is 0.116. The molecule has 1 aromatic carbocycles. The summed E-state index contributed by atoms with van der Waals surface area (Å²) in [6.45, 7) is 0. The average molecular weight is 266 g/mol. The number of hydrogen-bond acceptors (Lipinski definition) is 3. The molecule has 0 fully saturated rings. The summed E-state index contributed by atoms with van der Waals surface area (Å²) >= 11 is 7.16. The molecule has 0 aliphatic heterocycles. The quantitative estimate of drug-likeness (QED) is 0.921. The maximum atomic E-state index is 11.1. The first-order valence-corrected chi connectivity index (χ1v) is 5.98. The van der Waals surface area contributed by atoms with E-state index in [9.17, 15) is 4.79 Å². The van der Waals surface area contributed by atoms with E-state index in [0.29, 0.717) is 4.90 Å². The topological polar surface area (TPSA) is 50.2 Å². The second-order valence-electron chi connectivity index (χ2n) is 3.19. The van der Waals surface area contributed by atoms with Crippen molar-refractivity contribution in [2.24, 2.45) is 0 Å². The van der Waals surface area contributed by atoms with Gasteiger partial charge < -0.3 is 5.11 Å². The highest BCUT2D eigenvalue weighted by molar-refractivity contribution is 7.99. The molecular formula is C12H8ClNO2S. The van der Waals surface area contributed by atoms with Crippen LogP contribution in [-0.4, -0.2) is 16.1 Å². The number of aromatic nitrogens is 1. The lowest BCUT2D eigenvalue weighted by molar-refractivity contribution is 0.0693. The first-order chi connectivity index (χ1) is 8.18. The van der Waals surface area contributed by atoms with Gasteiger partial charge in [-0.15, -0.1) is 0 Å². The van der Waals surface area contributed by atoms with E-state index in [1.54, 1.807) is 30.5 Å². The van der Waals surface area contributed by atoms with Crippen molar-refractivity contribution in [1.29, 1.82) is 0 Å². The number of nitrogens with zero attached hydrogens (tertiary/aromatic N) is 1. The fourth-order valence-electron chi connectivity index (χ4n) is 1.32. The smallest absolute Gasteiger partial charge is 0.338 e. The summed E-state index contributed by atoms with van der Waals surface area (Å²) in [6.07, 6.45) is 1.66. The van der Waals surface area contributed by atoms with Gasteiger partial charge in [0.05, 0.1) is 10.6 Å². The summed E-state index contributed by atoms with van der Waals surface area (Å²) < 4.78 is 0. The molecule has 0 unspecified atom stereocenters. The number of benzene rings is 1. The third-order valence-electron chi connectivity index (χ3n) is 2.04. The normalized spacial score (nSPS) is 10.2. The van der Waals surface area contributed by atoms with Crippen LogP contribution in [0.4, 0.5) is 0 Å². The largest absolute Gasteiger partial charge is 0.478 e. The molecule has 0 radical (unpaired) electrons. The summed E-state index contributed by atoms with van der Waals surface area (Å²) in [6, 6.07) is 10.5. The molecule has 0 amide bonds. The molecule has 2 aromatic rings. The maximum Gasteiger partial charge on any atom is 0.338 e. The van der Waals surface area contributed by atoms with Crippen LogP contribution in [0.15, 0.2) is 52.5 Å². The van der Waals surface area contributed by atoms with Crippen LogP contribution in [0.1, 0.15) is 10.4 Å². The predicted octanol–water partition coefficient (Wildman–Crippen LogP) is 3.58. The highest BCUT2D eigenvalue weighted by atomic mass is 35.5. The van der Waals surface area contributed by atoms with Gasteiger partial charge in [0, 0.05) is 11.1 Å². The molecule has 1 heterocycles. The van der Waals surface area contributed by atoms with E-state index in [1.807, 2.05) is 12.1 Å². The number of hydrogen-bond donors (Lipinski definition) is 1. The standard InChI is InChI=1S/C12H8ClNO2S/c13-8-4-3-5-9(11(8)12(15)16)17-10-6-1-2-7-14-10/h1-7H,(H,15,16). The molecule has 3 nitrogen and oxygen atoms in total. The molecule has 86 valence electrons. The minimum Gasteiger partial charge on any atom is -0.478 e. The number of carboxylic acid groups (broad SMARTS) is 1. The first-order valence-electron chi connectivity index (χ1n) is 4.79. The molecule has 0 aliphatic rings. The van der Waals surface area contributed by atoms with Crippen LogP contribution in [0.3, 0.4) is 0 Å². The molecule has 0 bridgehead atoms. The number of aromatic carboxylic acids is 1. The fourth-order valence-corrected chi connectivity index (χ4v) is 2.56. The minimum atomic E-state index is -1.03. The van der Waals surface area contributed by atoms with Gasteiger partial charge in [-0.2, -0.15) is 0 Å². The van der Waals surface area contributed by atoms with Crippen molar-refractivity contribution >= 4 is 29.3 Å². The lowest BCUT2D eigenvalue weighted by Crippen LogP contribution is -1.99. The van der Waals surface area contributed by atoms with Gasteiger partial charge >= 0.3 is 5.97 Å². The van der Waals surface area contributed by atoms with Crippen molar-refractivity contribution in [2.45, 2.75) is 9.92 Å². The number of carbonyl (C=O) groups is 1. The third kappa shape index (κ3) is 2.78. The molecule has 5 heteroatoms. The van der Waals surface area contributed by atoms with E-state index in [1.165, 1.54) is 11.8 Å². The Morgan fingerprint density at radius 1 is 1.24 bits per heavy atom. The predicted molar refractivity (Wildman–Crippen MR) is 66.8 cm³/mol. The Morgan fingerprint density at radius 3 is 2.71 bits per heavy atom. The van der Waals surface area contributed by atoms with Gasteiger partial charge in [0.25, 0.3) is 0 Å². The first kappa shape index (κ1) is 12.0. The minimum absolute atomic E-state index is 0.116. The SMILES string of the molecule is O=C(O)c1c(Cl)cccc1Sc1ccccn1. The zero-order chi connectivity index (χ0) is 12.3. The summed E-state index contributed by atoms with van der Waals surface area (Å²) in [5, 5.41) is 10.1. The molecule has 1 aromatic heterocycles. The Labute approximate surface area is 107 Å². The molecule has 0 atom stereocenters. The van der Waals surface area contributed by atoms with Crippen molar-refractivity contribution < 1.29 is 9.90 Å². The lowest BCUT2D eigenvalue weighted by Gasteiger charge is -2.06. The lowest BCUT2D eigenvalue weighted by atomic mass is 10.2. The van der Waals surface area contributed by atoms with Gasteiger partial charge in [-0.3, -0.25) is 0 Å². The van der Waals surface area contributed by atoms with Crippen LogP contribution < -0.4 is 0 Å². The van der Waals surface area contributed by atoms with Crippen LogP contribution >= 0.6 is 23.4 Å².